The number of aldehydes is 1. The summed E-state index contributed by atoms with van der Waals surface area (Å²) in [6.45, 7) is 0. The summed E-state index contributed by atoms with van der Waals surface area (Å²) in [6.07, 6.45) is -5.53. The molecular formula is C21H18F6N2O2. The molecule has 0 aliphatic carbocycles. The normalized spacial score (nSPS) is 23.7. The van der Waals surface area contributed by atoms with Crippen LogP contribution in [0.1, 0.15) is 47.2 Å². The van der Waals surface area contributed by atoms with Crippen LogP contribution in [0.5, 0.6) is 5.88 Å². The van der Waals surface area contributed by atoms with Crippen LogP contribution in [0.25, 0.3) is 0 Å². The molecule has 2 aliphatic heterocycles. The number of fused-ring (bicyclic) bond motifs is 2. The van der Waals surface area contributed by atoms with Crippen LogP contribution in [0.15, 0.2) is 36.5 Å². The van der Waals surface area contributed by atoms with Gasteiger partial charge in [0.2, 0.25) is 5.88 Å². The van der Waals surface area contributed by atoms with E-state index in [-0.39, 0.29) is 29.6 Å². The minimum Gasteiger partial charge on any atom is -0.474 e. The minimum atomic E-state index is -4.54. The number of hydrogen-bond donors (Lipinski definition) is 0. The van der Waals surface area contributed by atoms with Gasteiger partial charge >= 0.3 is 12.4 Å². The molecule has 0 spiro atoms. The Hall–Kier alpha value is -2.78. The van der Waals surface area contributed by atoms with Gasteiger partial charge in [-0.3, -0.25) is 4.79 Å². The molecule has 2 aliphatic rings. The zero-order valence-corrected chi connectivity index (χ0v) is 16.1. The molecule has 4 rings (SSSR count). The van der Waals surface area contributed by atoms with Crippen molar-refractivity contribution in [2.75, 3.05) is 4.90 Å². The van der Waals surface area contributed by atoms with Gasteiger partial charge in [-0.25, -0.2) is 4.98 Å². The monoisotopic (exact) mass is 444 g/mol. The molecule has 31 heavy (non-hydrogen) atoms. The van der Waals surface area contributed by atoms with Crippen LogP contribution < -0.4 is 9.64 Å². The summed E-state index contributed by atoms with van der Waals surface area (Å²) in [4.78, 5) is 17.2. The van der Waals surface area contributed by atoms with E-state index in [0.29, 0.717) is 24.8 Å². The van der Waals surface area contributed by atoms with Crippen molar-refractivity contribution in [3.63, 3.8) is 0 Å². The standard InChI is InChI=1S/C21H18F6N2O2/c22-20(23,24)13-1-5-18(12(7-13)11-30)29-15-3-4-16(29)9-17(8-15)31-19-6-2-14(10-28-19)21(25,26)27/h1-2,5-7,10-11,15-17H,3-4,8-9H2/t15-,16+,17+. The first kappa shape index (κ1) is 21.5. The number of hydrogen-bond acceptors (Lipinski definition) is 4. The smallest absolute Gasteiger partial charge is 0.417 e. The number of piperidine rings is 1. The van der Waals surface area contributed by atoms with E-state index in [4.69, 9.17) is 4.74 Å². The van der Waals surface area contributed by atoms with Gasteiger partial charge < -0.3 is 9.64 Å². The van der Waals surface area contributed by atoms with E-state index in [0.717, 1.165) is 37.2 Å². The molecule has 0 unspecified atom stereocenters. The van der Waals surface area contributed by atoms with E-state index < -0.39 is 23.5 Å². The molecule has 3 heterocycles. The number of pyridine rings is 1. The lowest BCUT2D eigenvalue weighted by Crippen LogP contribution is -2.47. The van der Waals surface area contributed by atoms with E-state index in [1.165, 1.54) is 12.1 Å². The predicted octanol–water partition coefficient (Wildman–Crippen LogP) is 5.51. The number of halogens is 6. The highest BCUT2D eigenvalue weighted by Gasteiger charge is 2.43. The molecule has 0 saturated carbocycles. The Morgan fingerprint density at radius 2 is 1.55 bits per heavy atom. The number of rotatable bonds is 4. The fourth-order valence-electron chi connectivity index (χ4n) is 4.47. The molecule has 2 fully saturated rings. The van der Waals surface area contributed by atoms with Crippen LogP contribution in [-0.4, -0.2) is 29.5 Å². The van der Waals surface area contributed by atoms with E-state index in [2.05, 4.69) is 4.98 Å². The van der Waals surface area contributed by atoms with Gasteiger partial charge in [-0.1, -0.05) is 0 Å². The molecule has 3 atom stereocenters. The Morgan fingerprint density at radius 1 is 0.935 bits per heavy atom. The maximum Gasteiger partial charge on any atom is 0.417 e. The molecule has 166 valence electrons. The number of carbonyl (C=O) groups is 1. The summed E-state index contributed by atoms with van der Waals surface area (Å²) in [5.41, 5.74) is -1.30. The summed E-state index contributed by atoms with van der Waals surface area (Å²) in [7, 11) is 0. The van der Waals surface area contributed by atoms with Crippen molar-refractivity contribution in [1.29, 1.82) is 0 Å². The third-order valence-corrected chi connectivity index (χ3v) is 5.80. The van der Waals surface area contributed by atoms with Crippen molar-refractivity contribution in [1.82, 2.24) is 4.98 Å². The van der Waals surface area contributed by atoms with Gasteiger partial charge in [0.15, 0.2) is 6.29 Å². The fraction of sp³-hybridized carbons (Fsp3) is 0.429. The van der Waals surface area contributed by atoms with E-state index in [1.807, 2.05) is 4.90 Å². The average Bonchev–Trinajstić information content (AvgIpc) is 2.96. The quantitative estimate of drug-likeness (QED) is 0.461. The molecule has 2 saturated heterocycles. The summed E-state index contributed by atoms with van der Waals surface area (Å²) >= 11 is 0. The molecule has 0 amide bonds. The first-order chi connectivity index (χ1) is 14.6. The van der Waals surface area contributed by atoms with Crippen LogP contribution in [0.4, 0.5) is 32.0 Å². The van der Waals surface area contributed by atoms with Crippen molar-refractivity contribution >= 4 is 12.0 Å². The molecule has 2 bridgehead atoms. The number of carbonyl (C=O) groups excluding carboxylic acids is 1. The molecule has 1 aromatic carbocycles. The second kappa shape index (κ2) is 7.72. The Balaban J connectivity index is 1.49. The van der Waals surface area contributed by atoms with Crippen molar-refractivity contribution in [2.24, 2.45) is 0 Å². The van der Waals surface area contributed by atoms with E-state index in [9.17, 15) is 31.1 Å². The van der Waals surface area contributed by atoms with Crippen LogP contribution in [0, 0.1) is 0 Å². The number of anilines is 1. The lowest BCUT2D eigenvalue weighted by atomic mass is 9.97. The van der Waals surface area contributed by atoms with Gasteiger partial charge in [0, 0.05) is 48.4 Å². The largest absolute Gasteiger partial charge is 0.474 e. The van der Waals surface area contributed by atoms with Crippen molar-refractivity contribution < 1.29 is 35.9 Å². The Morgan fingerprint density at radius 3 is 2.06 bits per heavy atom. The van der Waals surface area contributed by atoms with Gasteiger partial charge in [0.1, 0.15) is 6.10 Å². The zero-order chi connectivity index (χ0) is 22.4. The third-order valence-electron chi connectivity index (χ3n) is 5.80. The van der Waals surface area contributed by atoms with Crippen LogP contribution in [0.2, 0.25) is 0 Å². The number of ether oxygens (including phenoxy) is 1. The average molecular weight is 444 g/mol. The molecule has 2 aromatic rings. The Labute approximate surface area is 173 Å². The van der Waals surface area contributed by atoms with Crippen molar-refractivity contribution in [3.8, 4) is 5.88 Å². The predicted molar refractivity (Wildman–Crippen MR) is 99.0 cm³/mol. The number of nitrogens with zero attached hydrogens (tertiary/aromatic N) is 2. The SMILES string of the molecule is O=Cc1cc(C(F)(F)F)ccc1N1[C@@H]2CC[C@H]1C[C@@H](Oc1ccc(C(F)(F)F)cn1)C2. The summed E-state index contributed by atoms with van der Waals surface area (Å²) in [5.74, 6) is 0.0916. The second-order valence-electron chi connectivity index (χ2n) is 7.78. The maximum absolute atomic E-state index is 13.0. The number of aromatic nitrogens is 1. The van der Waals surface area contributed by atoms with Crippen LogP contribution >= 0.6 is 0 Å². The summed E-state index contributed by atoms with van der Waals surface area (Å²) in [6, 6.07) is 5.15. The first-order valence-corrected chi connectivity index (χ1v) is 9.71. The lowest BCUT2D eigenvalue weighted by molar-refractivity contribution is -0.138. The van der Waals surface area contributed by atoms with Crippen LogP contribution in [-0.2, 0) is 12.4 Å². The second-order valence-corrected chi connectivity index (χ2v) is 7.78. The van der Waals surface area contributed by atoms with Crippen LogP contribution in [0.3, 0.4) is 0 Å². The highest BCUT2D eigenvalue weighted by molar-refractivity contribution is 5.85. The molecule has 4 nitrogen and oxygen atoms in total. The number of alkyl halides is 6. The first-order valence-electron chi connectivity index (χ1n) is 9.71. The summed E-state index contributed by atoms with van der Waals surface area (Å²) in [5, 5.41) is 0. The molecule has 10 heteroatoms. The Bertz CT molecular complexity index is 944. The van der Waals surface area contributed by atoms with Crippen molar-refractivity contribution in [3.05, 3.63) is 53.2 Å². The highest BCUT2D eigenvalue weighted by Crippen LogP contribution is 2.42. The fourth-order valence-corrected chi connectivity index (χ4v) is 4.47. The third kappa shape index (κ3) is 4.33. The zero-order valence-electron chi connectivity index (χ0n) is 16.1. The van der Waals surface area contributed by atoms with Gasteiger partial charge in [0.25, 0.3) is 0 Å². The summed E-state index contributed by atoms with van der Waals surface area (Å²) < 4.78 is 82.7. The van der Waals surface area contributed by atoms with Crippen molar-refractivity contribution in [2.45, 2.75) is 56.2 Å². The maximum atomic E-state index is 13.0. The lowest BCUT2D eigenvalue weighted by Gasteiger charge is -2.41. The van der Waals surface area contributed by atoms with E-state index in [1.54, 1.807) is 0 Å². The molecule has 1 aromatic heterocycles. The van der Waals surface area contributed by atoms with Gasteiger partial charge in [0.05, 0.1) is 11.1 Å². The van der Waals surface area contributed by atoms with Gasteiger partial charge in [-0.05, 0) is 37.1 Å². The molecule has 0 radical (unpaired) electrons. The highest BCUT2D eigenvalue weighted by atomic mass is 19.4. The van der Waals surface area contributed by atoms with Gasteiger partial charge in [-0.15, -0.1) is 0 Å². The topological polar surface area (TPSA) is 42.4 Å². The molecular weight excluding hydrogens is 426 g/mol. The van der Waals surface area contributed by atoms with Gasteiger partial charge in [-0.2, -0.15) is 26.3 Å². The molecule has 0 N–H and O–H groups in total. The Kier molecular flexibility index (Phi) is 5.35. The minimum absolute atomic E-state index is 0.0181. The van der Waals surface area contributed by atoms with E-state index >= 15 is 0 Å². The number of benzene rings is 1.